The van der Waals surface area contributed by atoms with E-state index in [1.54, 1.807) is 13.0 Å². The number of hydrogen-bond donors (Lipinski definition) is 2. The lowest BCUT2D eigenvalue weighted by Gasteiger charge is -2.09. The van der Waals surface area contributed by atoms with Gasteiger partial charge < -0.3 is 10.8 Å². The van der Waals surface area contributed by atoms with Crippen LogP contribution in [0, 0.1) is 12.7 Å². The Kier molecular flexibility index (Phi) is 3.86. The second-order valence-electron chi connectivity index (χ2n) is 3.30. The Hall–Kier alpha value is -0.640. The molecule has 0 aliphatic rings. The Labute approximate surface area is 87.5 Å². The van der Waals surface area contributed by atoms with Crippen LogP contribution in [0.25, 0.3) is 0 Å². The van der Waals surface area contributed by atoms with Gasteiger partial charge >= 0.3 is 0 Å². The van der Waals surface area contributed by atoms with Crippen LogP contribution in [0.5, 0.6) is 0 Å². The molecular weight excluding hydrogens is 205 g/mol. The summed E-state index contributed by atoms with van der Waals surface area (Å²) in [5.74, 6) is -0.453. The van der Waals surface area contributed by atoms with Crippen molar-refractivity contribution in [1.29, 1.82) is 0 Å². The molecular formula is C10H13ClFNO. The molecule has 2 nitrogen and oxygen atoms in total. The van der Waals surface area contributed by atoms with Gasteiger partial charge in [0.1, 0.15) is 5.82 Å². The average molecular weight is 218 g/mol. The standard InChI is InChI=1S/C10H13ClFNO/c1-6-2-7(3-8(14)5-13)4-9(12)10(6)11/h2,4,8,14H,3,5,13H2,1H3/t8-/m1/s1. The number of nitrogens with two attached hydrogens (primary N) is 1. The number of rotatable bonds is 3. The highest BCUT2D eigenvalue weighted by Crippen LogP contribution is 2.21. The SMILES string of the molecule is Cc1cc(C[C@@H](O)CN)cc(F)c1Cl. The summed E-state index contributed by atoms with van der Waals surface area (Å²) in [6.45, 7) is 1.90. The maximum atomic E-state index is 13.1. The molecule has 0 unspecified atom stereocenters. The summed E-state index contributed by atoms with van der Waals surface area (Å²) in [5.41, 5.74) is 6.64. The molecule has 0 saturated carbocycles. The summed E-state index contributed by atoms with van der Waals surface area (Å²) in [4.78, 5) is 0. The van der Waals surface area contributed by atoms with Crippen molar-refractivity contribution in [3.05, 3.63) is 34.1 Å². The Morgan fingerprint density at radius 1 is 1.57 bits per heavy atom. The third-order valence-electron chi connectivity index (χ3n) is 2.01. The van der Waals surface area contributed by atoms with E-state index in [0.717, 1.165) is 0 Å². The van der Waals surface area contributed by atoms with E-state index in [-0.39, 0.29) is 11.6 Å². The van der Waals surface area contributed by atoms with E-state index in [2.05, 4.69) is 0 Å². The molecule has 0 heterocycles. The molecule has 3 N–H and O–H groups in total. The number of benzene rings is 1. The molecule has 0 aliphatic carbocycles. The van der Waals surface area contributed by atoms with Crippen molar-refractivity contribution in [2.75, 3.05) is 6.54 Å². The average Bonchev–Trinajstić information content (AvgIpc) is 2.14. The minimum atomic E-state index is -0.630. The zero-order valence-electron chi connectivity index (χ0n) is 7.93. The summed E-state index contributed by atoms with van der Waals surface area (Å²) in [6.07, 6.45) is -0.277. The van der Waals surface area contributed by atoms with Gasteiger partial charge in [0.15, 0.2) is 0 Å². The third kappa shape index (κ3) is 2.67. The van der Waals surface area contributed by atoms with E-state index < -0.39 is 11.9 Å². The van der Waals surface area contributed by atoms with Crippen molar-refractivity contribution in [1.82, 2.24) is 0 Å². The Bertz CT molecular complexity index is 307. The molecule has 0 saturated heterocycles. The molecule has 4 heteroatoms. The van der Waals surface area contributed by atoms with Crippen molar-refractivity contribution in [3.63, 3.8) is 0 Å². The second-order valence-corrected chi connectivity index (χ2v) is 3.68. The summed E-state index contributed by atoms with van der Waals surface area (Å²) in [7, 11) is 0. The molecule has 0 aliphatic heterocycles. The van der Waals surface area contributed by atoms with Gasteiger partial charge in [-0.2, -0.15) is 0 Å². The predicted octanol–water partition coefficient (Wildman–Crippen LogP) is 1.65. The van der Waals surface area contributed by atoms with E-state index in [1.165, 1.54) is 6.07 Å². The minimum Gasteiger partial charge on any atom is -0.391 e. The third-order valence-corrected chi connectivity index (χ3v) is 2.49. The van der Waals surface area contributed by atoms with Gasteiger partial charge in [0.25, 0.3) is 0 Å². The summed E-state index contributed by atoms with van der Waals surface area (Å²) < 4.78 is 13.1. The van der Waals surface area contributed by atoms with Crippen LogP contribution in [0.1, 0.15) is 11.1 Å². The minimum absolute atomic E-state index is 0.135. The van der Waals surface area contributed by atoms with E-state index in [1.807, 2.05) is 0 Å². The first-order chi connectivity index (χ1) is 6.54. The molecule has 14 heavy (non-hydrogen) atoms. The summed E-state index contributed by atoms with van der Waals surface area (Å²) in [5, 5.41) is 9.42. The highest BCUT2D eigenvalue weighted by molar-refractivity contribution is 6.31. The molecule has 1 rings (SSSR count). The molecule has 0 fully saturated rings. The quantitative estimate of drug-likeness (QED) is 0.809. The summed E-state index contributed by atoms with van der Waals surface area (Å²) in [6, 6.07) is 3.08. The number of halogens is 2. The van der Waals surface area contributed by atoms with Gasteiger partial charge in [0.2, 0.25) is 0 Å². The number of aryl methyl sites for hydroxylation is 1. The first kappa shape index (κ1) is 11.4. The lowest BCUT2D eigenvalue weighted by molar-refractivity contribution is 0.183. The highest BCUT2D eigenvalue weighted by Gasteiger charge is 2.08. The lowest BCUT2D eigenvalue weighted by atomic mass is 10.1. The van der Waals surface area contributed by atoms with Gasteiger partial charge in [-0.25, -0.2) is 4.39 Å². The fourth-order valence-corrected chi connectivity index (χ4v) is 1.38. The van der Waals surface area contributed by atoms with Crippen LogP contribution < -0.4 is 5.73 Å². The van der Waals surface area contributed by atoms with Gasteiger partial charge in [0, 0.05) is 6.54 Å². The monoisotopic (exact) mass is 217 g/mol. The maximum absolute atomic E-state index is 13.1. The van der Waals surface area contributed by atoms with Crippen LogP contribution in [-0.4, -0.2) is 17.8 Å². The van der Waals surface area contributed by atoms with E-state index in [4.69, 9.17) is 17.3 Å². The molecule has 1 atom stereocenters. The molecule has 0 aromatic heterocycles. The van der Waals surface area contributed by atoms with Gasteiger partial charge in [-0.3, -0.25) is 0 Å². The molecule has 78 valence electrons. The smallest absolute Gasteiger partial charge is 0.142 e. The molecule has 0 radical (unpaired) electrons. The van der Waals surface area contributed by atoms with Crippen LogP contribution in [0.4, 0.5) is 4.39 Å². The van der Waals surface area contributed by atoms with Gasteiger partial charge in [-0.05, 0) is 30.5 Å². The largest absolute Gasteiger partial charge is 0.391 e. The normalized spacial score (nSPS) is 12.9. The summed E-state index contributed by atoms with van der Waals surface area (Å²) >= 11 is 5.66. The Morgan fingerprint density at radius 3 is 2.71 bits per heavy atom. The Morgan fingerprint density at radius 2 is 2.21 bits per heavy atom. The van der Waals surface area contributed by atoms with E-state index >= 15 is 0 Å². The van der Waals surface area contributed by atoms with E-state index in [0.29, 0.717) is 17.5 Å². The second kappa shape index (κ2) is 4.73. The molecule has 1 aromatic carbocycles. The fraction of sp³-hybridized carbons (Fsp3) is 0.400. The molecule has 0 bridgehead atoms. The van der Waals surface area contributed by atoms with Crippen LogP contribution in [0.3, 0.4) is 0 Å². The van der Waals surface area contributed by atoms with E-state index in [9.17, 15) is 9.50 Å². The maximum Gasteiger partial charge on any atom is 0.142 e. The van der Waals surface area contributed by atoms with Gasteiger partial charge in [-0.1, -0.05) is 17.7 Å². The number of aliphatic hydroxyl groups is 1. The zero-order valence-corrected chi connectivity index (χ0v) is 8.68. The van der Waals surface area contributed by atoms with Crippen molar-refractivity contribution in [3.8, 4) is 0 Å². The zero-order chi connectivity index (χ0) is 10.7. The topological polar surface area (TPSA) is 46.2 Å². The van der Waals surface area contributed by atoms with Crippen molar-refractivity contribution >= 4 is 11.6 Å². The fourth-order valence-electron chi connectivity index (χ4n) is 1.27. The molecule has 0 amide bonds. The van der Waals surface area contributed by atoms with Crippen LogP contribution in [-0.2, 0) is 6.42 Å². The number of hydrogen-bond acceptors (Lipinski definition) is 2. The van der Waals surface area contributed by atoms with Crippen molar-refractivity contribution in [2.24, 2.45) is 5.73 Å². The van der Waals surface area contributed by atoms with Crippen LogP contribution in [0.2, 0.25) is 5.02 Å². The van der Waals surface area contributed by atoms with Crippen LogP contribution in [0.15, 0.2) is 12.1 Å². The Balaban J connectivity index is 2.89. The highest BCUT2D eigenvalue weighted by atomic mass is 35.5. The number of aliphatic hydroxyl groups excluding tert-OH is 1. The van der Waals surface area contributed by atoms with Crippen LogP contribution >= 0.6 is 11.6 Å². The molecule has 0 spiro atoms. The van der Waals surface area contributed by atoms with Gasteiger partial charge in [-0.15, -0.1) is 0 Å². The first-order valence-electron chi connectivity index (χ1n) is 4.37. The van der Waals surface area contributed by atoms with Gasteiger partial charge in [0.05, 0.1) is 11.1 Å². The predicted molar refractivity (Wildman–Crippen MR) is 54.9 cm³/mol. The van der Waals surface area contributed by atoms with Crippen molar-refractivity contribution < 1.29 is 9.50 Å². The van der Waals surface area contributed by atoms with Crippen molar-refractivity contribution in [2.45, 2.75) is 19.4 Å². The lowest BCUT2D eigenvalue weighted by Crippen LogP contribution is -2.22. The molecule has 1 aromatic rings. The first-order valence-corrected chi connectivity index (χ1v) is 4.75.